The molecule has 0 aliphatic heterocycles. The smallest absolute Gasteiger partial charge is 0.252 e. The molecule has 5 nitrogen and oxygen atoms in total. The summed E-state index contributed by atoms with van der Waals surface area (Å²) in [7, 11) is -3.56. The average Bonchev–Trinajstić information content (AvgIpc) is 2.16. The van der Waals surface area contributed by atoms with Gasteiger partial charge in [-0.3, -0.25) is 4.79 Å². The second-order valence-electron chi connectivity index (χ2n) is 3.10. The molecule has 0 saturated heterocycles. The molecule has 1 rings (SSSR count). The van der Waals surface area contributed by atoms with Crippen LogP contribution < -0.4 is 10.5 Å². The lowest BCUT2D eigenvalue weighted by Crippen LogP contribution is -2.31. The van der Waals surface area contributed by atoms with Gasteiger partial charge in [-0.25, -0.2) is 13.6 Å². The van der Waals surface area contributed by atoms with Crippen LogP contribution in [-0.4, -0.2) is 26.6 Å². The van der Waals surface area contributed by atoms with Crippen molar-refractivity contribution in [3.05, 3.63) is 34.9 Å². The van der Waals surface area contributed by atoms with E-state index in [-0.39, 0.29) is 12.3 Å². The standard InChI is InChI=1S/C9H11ClN2O3S/c10-8-4-2-1-3-7(8)9(13)12-5-6-16(11,14)15/h1-4H,5-6H2,(H,12,13)(H2,11,14,15). The van der Waals surface area contributed by atoms with Gasteiger partial charge < -0.3 is 5.32 Å². The number of benzene rings is 1. The topological polar surface area (TPSA) is 89.3 Å². The maximum absolute atomic E-state index is 11.5. The molecule has 1 aromatic carbocycles. The highest BCUT2D eigenvalue weighted by Gasteiger charge is 2.10. The van der Waals surface area contributed by atoms with E-state index >= 15 is 0 Å². The summed E-state index contributed by atoms with van der Waals surface area (Å²) in [6.45, 7) is -0.0388. The second kappa shape index (κ2) is 5.29. The van der Waals surface area contributed by atoms with Gasteiger partial charge in [-0.1, -0.05) is 23.7 Å². The predicted molar refractivity (Wildman–Crippen MR) is 61.8 cm³/mol. The first kappa shape index (κ1) is 13.0. The minimum absolute atomic E-state index is 0.0388. The van der Waals surface area contributed by atoms with Crippen LogP contribution >= 0.6 is 11.6 Å². The number of hydrogen-bond donors (Lipinski definition) is 2. The Morgan fingerprint density at radius 1 is 1.38 bits per heavy atom. The number of nitrogens with two attached hydrogens (primary N) is 1. The third-order valence-corrected chi connectivity index (χ3v) is 2.89. The number of carbonyl (C=O) groups excluding carboxylic acids is 1. The van der Waals surface area contributed by atoms with Crippen LogP contribution in [0.25, 0.3) is 0 Å². The number of sulfonamides is 1. The van der Waals surface area contributed by atoms with Gasteiger partial charge in [0, 0.05) is 6.54 Å². The molecule has 1 aromatic rings. The molecule has 0 aromatic heterocycles. The molecule has 0 heterocycles. The Morgan fingerprint density at radius 2 is 2.00 bits per heavy atom. The SMILES string of the molecule is NS(=O)(=O)CCNC(=O)c1ccccc1Cl. The first-order chi connectivity index (χ1) is 7.40. The van der Waals surface area contributed by atoms with Gasteiger partial charge in [0.15, 0.2) is 0 Å². The maximum Gasteiger partial charge on any atom is 0.252 e. The Hall–Kier alpha value is -1.11. The monoisotopic (exact) mass is 262 g/mol. The number of halogens is 1. The molecule has 0 radical (unpaired) electrons. The molecule has 1 amide bonds. The molecule has 0 fully saturated rings. The Bertz CT molecular complexity index is 487. The number of nitrogens with one attached hydrogen (secondary N) is 1. The van der Waals surface area contributed by atoms with Gasteiger partial charge in [-0.15, -0.1) is 0 Å². The van der Waals surface area contributed by atoms with E-state index in [9.17, 15) is 13.2 Å². The lowest BCUT2D eigenvalue weighted by Gasteiger charge is -2.05. The van der Waals surface area contributed by atoms with Crippen LogP contribution in [0, 0.1) is 0 Å². The number of carbonyl (C=O) groups is 1. The predicted octanol–water partition coefficient (Wildman–Crippen LogP) is 0.358. The molecule has 0 saturated carbocycles. The van der Waals surface area contributed by atoms with Gasteiger partial charge in [0.1, 0.15) is 0 Å². The van der Waals surface area contributed by atoms with E-state index in [0.29, 0.717) is 10.6 Å². The fourth-order valence-electron chi connectivity index (χ4n) is 1.05. The van der Waals surface area contributed by atoms with E-state index in [4.69, 9.17) is 16.7 Å². The van der Waals surface area contributed by atoms with Crippen molar-refractivity contribution in [3.63, 3.8) is 0 Å². The molecule has 3 N–H and O–H groups in total. The highest BCUT2D eigenvalue weighted by molar-refractivity contribution is 7.89. The van der Waals surface area contributed by atoms with Crippen molar-refractivity contribution >= 4 is 27.5 Å². The second-order valence-corrected chi connectivity index (χ2v) is 5.24. The Balaban J connectivity index is 2.57. The Labute approximate surface area is 98.6 Å². The van der Waals surface area contributed by atoms with Crippen molar-refractivity contribution in [2.75, 3.05) is 12.3 Å². The van der Waals surface area contributed by atoms with E-state index in [1.807, 2.05) is 0 Å². The lowest BCUT2D eigenvalue weighted by molar-refractivity contribution is 0.0956. The average molecular weight is 263 g/mol. The molecule has 0 spiro atoms. The molecule has 0 unspecified atom stereocenters. The van der Waals surface area contributed by atoms with Gasteiger partial charge in [0.05, 0.1) is 16.3 Å². The molecule has 88 valence electrons. The fourth-order valence-corrected chi connectivity index (χ4v) is 1.66. The molecule has 16 heavy (non-hydrogen) atoms. The van der Waals surface area contributed by atoms with E-state index in [1.165, 1.54) is 0 Å². The minimum atomic E-state index is -3.56. The molecular formula is C9H11ClN2O3S. The summed E-state index contributed by atoms with van der Waals surface area (Å²) in [5, 5.41) is 7.51. The number of hydrogen-bond acceptors (Lipinski definition) is 3. The Kier molecular flexibility index (Phi) is 4.28. The van der Waals surface area contributed by atoms with E-state index in [0.717, 1.165) is 0 Å². The summed E-state index contributed by atoms with van der Waals surface area (Å²) in [6.07, 6.45) is 0. The van der Waals surface area contributed by atoms with Crippen molar-refractivity contribution in [1.82, 2.24) is 5.32 Å². The van der Waals surface area contributed by atoms with Crippen molar-refractivity contribution in [2.24, 2.45) is 5.14 Å². The van der Waals surface area contributed by atoms with E-state index < -0.39 is 15.9 Å². The summed E-state index contributed by atoms with van der Waals surface area (Å²) in [5.41, 5.74) is 0.304. The summed E-state index contributed by atoms with van der Waals surface area (Å²) in [6, 6.07) is 6.49. The molecule has 0 aliphatic rings. The van der Waals surface area contributed by atoms with Crippen LogP contribution in [0.1, 0.15) is 10.4 Å². The Morgan fingerprint density at radius 3 is 2.56 bits per heavy atom. The molecular weight excluding hydrogens is 252 g/mol. The van der Waals surface area contributed by atoms with Crippen LogP contribution in [0.3, 0.4) is 0 Å². The third kappa shape index (κ3) is 4.18. The van der Waals surface area contributed by atoms with Crippen LogP contribution in [0.15, 0.2) is 24.3 Å². The number of rotatable bonds is 4. The lowest BCUT2D eigenvalue weighted by atomic mass is 10.2. The number of primary sulfonamides is 1. The van der Waals surface area contributed by atoms with E-state index in [2.05, 4.69) is 5.32 Å². The molecule has 7 heteroatoms. The van der Waals surface area contributed by atoms with Crippen molar-refractivity contribution < 1.29 is 13.2 Å². The number of amides is 1. The largest absolute Gasteiger partial charge is 0.351 e. The highest BCUT2D eigenvalue weighted by atomic mass is 35.5. The van der Waals surface area contributed by atoms with Gasteiger partial charge in [-0.2, -0.15) is 0 Å². The van der Waals surface area contributed by atoms with E-state index in [1.54, 1.807) is 24.3 Å². The van der Waals surface area contributed by atoms with Crippen LogP contribution in [0.2, 0.25) is 5.02 Å². The molecule has 0 aliphatic carbocycles. The van der Waals surface area contributed by atoms with Gasteiger partial charge in [-0.05, 0) is 12.1 Å². The quantitative estimate of drug-likeness (QED) is 0.821. The first-order valence-corrected chi connectivity index (χ1v) is 6.53. The van der Waals surface area contributed by atoms with Gasteiger partial charge >= 0.3 is 0 Å². The minimum Gasteiger partial charge on any atom is -0.351 e. The highest BCUT2D eigenvalue weighted by Crippen LogP contribution is 2.14. The molecule has 0 bridgehead atoms. The van der Waals surface area contributed by atoms with Crippen molar-refractivity contribution in [1.29, 1.82) is 0 Å². The molecule has 0 atom stereocenters. The normalized spacial score (nSPS) is 11.1. The van der Waals surface area contributed by atoms with Crippen molar-refractivity contribution in [2.45, 2.75) is 0 Å². The van der Waals surface area contributed by atoms with Crippen LogP contribution in [0.5, 0.6) is 0 Å². The van der Waals surface area contributed by atoms with Crippen LogP contribution in [0.4, 0.5) is 0 Å². The van der Waals surface area contributed by atoms with Gasteiger partial charge in [0.2, 0.25) is 10.0 Å². The summed E-state index contributed by atoms with van der Waals surface area (Å²) < 4.78 is 21.2. The third-order valence-electron chi connectivity index (χ3n) is 1.79. The van der Waals surface area contributed by atoms with Crippen LogP contribution in [-0.2, 0) is 10.0 Å². The first-order valence-electron chi connectivity index (χ1n) is 4.43. The summed E-state index contributed by atoms with van der Waals surface area (Å²) in [4.78, 5) is 11.5. The summed E-state index contributed by atoms with van der Waals surface area (Å²) >= 11 is 5.78. The maximum atomic E-state index is 11.5. The zero-order valence-electron chi connectivity index (χ0n) is 8.31. The zero-order chi connectivity index (χ0) is 12.2. The fraction of sp³-hybridized carbons (Fsp3) is 0.222. The van der Waals surface area contributed by atoms with Gasteiger partial charge in [0.25, 0.3) is 5.91 Å². The zero-order valence-corrected chi connectivity index (χ0v) is 9.88. The summed E-state index contributed by atoms with van der Waals surface area (Å²) in [5.74, 6) is -0.724. The van der Waals surface area contributed by atoms with Crippen molar-refractivity contribution in [3.8, 4) is 0 Å².